The van der Waals surface area contributed by atoms with Crippen molar-refractivity contribution in [1.29, 1.82) is 0 Å². The maximum Gasteiger partial charge on any atom is 0.279 e. The molecule has 0 amide bonds. The van der Waals surface area contributed by atoms with Crippen molar-refractivity contribution in [3.05, 3.63) is 0 Å². The van der Waals surface area contributed by atoms with Gasteiger partial charge in [0, 0.05) is 25.7 Å². The average Bonchev–Trinajstić information content (AvgIpc) is 2.63. The Bertz CT molecular complexity index is 305. The minimum Gasteiger partial charge on any atom is -0.328 e. The van der Waals surface area contributed by atoms with Gasteiger partial charge in [-0.1, -0.05) is 0 Å². The fraction of sp³-hybridized carbons (Fsp3) is 1.00. The van der Waals surface area contributed by atoms with Crippen LogP contribution in [-0.2, 0) is 10.2 Å². The molecule has 1 heterocycles. The lowest BCUT2D eigenvalue weighted by Crippen LogP contribution is -2.46. The van der Waals surface area contributed by atoms with Crippen LogP contribution in [0.15, 0.2) is 0 Å². The third-order valence-corrected chi connectivity index (χ3v) is 4.81. The molecule has 1 saturated heterocycles. The molecular formula is C9H19N3O2S. The number of hydrogen-bond donors (Lipinski definition) is 2. The predicted molar refractivity (Wildman–Crippen MR) is 58.4 cm³/mol. The van der Waals surface area contributed by atoms with Crippen molar-refractivity contribution in [2.24, 2.45) is 11.7 Å². The highest BCUT2D eigenvalue weighted by Gasteiger charge is 2.29. The quantitative estimate of drug-likeness (QED) is 0.697. The van der Waals surface area contributed by atoms with E-state index in [2.05, 4.69) is 4.72 Å². The Hall–Kier alpha value is -0.170. The van der Waals surface area contributed by atoms with Crippen LogP contribution >= 0.6 is 0 Å². The van der Waals surface area contributed by atoms with Gasteiger partial charge in [-0.15, -0.1) is 0 Å². The van der Waals surface area contributed by atoms with E-state index in [0.29, 0.717) is 25.6 Å². The Kier molecular flexibility index (Phi) is 3.30. The molecule has 88 valence electrons. The highest BCUT2D eigenvalue weighted by Crippen LogP contribution is 2.24. The SMILES string of the molecule is NC1CC(CNS(=O)(=O)N2CCCC2)C1. The molecule has 0 bridgehead atoms. The topological polar surface area (TPSA) is 75.4 Å². The highest BCUT2D eigenvalue weighted by atomic mass is 32.2. The van der Waals surface area contributed by atoms with Gasteiger partial charge < -0.3 is 5.73 Å². The Labute approximate surface area is 91.2 Å². The van der Waals surface area contributed by atoms with Crippen molar-refractivity contribution < 1.29 is 8.42 Å². The number of hydrogen-bond acceptors (Lipinski definition) is 3. The number of rotatable bonds is 4. The second-order valence-electron chi connectivity index (χ2n) is 4.56. The molecule has 0 radical (unpaired) electrons. The molecule has 1 saturated carbocycles. The monoisotopic (exact) mass is 233 g/mol. The molecule has 6 heteroatoms. The summed E-state index contributed by atoms with van der Waals surface area (Å²) in [6.45, 7) is 1.88. The summed E-state index contributed by atoms with van der Waals surface area (Å²) in [5, 5.41) is 0. The summed E-state index contributed by atoms with van der Waals surface area (Å²) in [5.41, 5.74) is 5.64. The molecule has 1 aliphatic carbocycles. The van der Waals surface area contributed by atoms with E-state index in [-0.39, 0.29) is 6.04 Å². The van der Waals surface area contributed by atoms with E-state index in [4.69, 9.17) is 5.73 Å². The van der Waals surface area contributed by atoms with Gasteiger partial charge in [0.2, 0.25) is 0 Å². The molecule has 0 aromatic heterocycles. The first kappa shape index (κ1) is 11.3. The summed E-state index contributed by atoms with van der Waals surface area (Å²) in [6.07, 6.45) is 3.86. The van der Waals surface area contributed by atoms with Gasteiger partial charge >= 0.3 is 0 Å². The zero-order valence-electron chi connectivity index (χ0n) is 8.85. The Balaban J connectivity index is 1.77. The molecule has 0 aromatic rings. The largest absolute Gasteiger partial charge is 0.328 e. The normalized spacial score (nSPS) is 32.9. The van der Waals surface area contributed by atoms with E-state index < -0.39 is 10.2 Å². The van der Waals surface area contributed by atoms with Crippen molar-refractivity contribution in [3.63, 3.8) is 0 Å². The molecule has 1 aliphatic heterocycles. The summed E-state index contributed by atoms with van der Waals surface area (Å²) in [7, 11) is -3.21. The van der Waals surface area contributed by atoms with E-state index in [1.54, 1.807) is 0 Å². The van der Waals surface area contributed by atoms with Crippen LogP contribution in [0.1, 0.15) is 25.7 Å². The first-order valence-electron chi connectivity index (χ1n) is 5.58. The molecule has 3 N–H and O–H groups in total. The van der Waals surface area contributed by atoms with E-state index in [9.17, 15) is 8.42 Å². The maximum absolute atomic E-state index is 11.7. The van der Waals surface area contributed by atoms with Gasteiger partial charge in [0.15, 0.2) is 0 Å². The van der Waals surface area contributed by atoms with Crippen LogP contribution in [0.4, 0.5) is 0 Å². The lowest BCUT2D eigenvalue weighted by molar-refractivity contribution is 0.265. The summed E-state index contributed by atoms with van der Waals surface area (Å²) >= 11 is 0. The zero-order valence-corrected chi connectivity index (χ0v) is 9.67. The Morgan fingerprint density at radius 1 is 1.27 bits per heavy atom. The molecule has 0 aromatic carbocycles. The van der Waals surface area contributed by atoms with Crippen molar-refractivity contribution in [2.75, 3.05) is 19.6 Å². The third kappa shape index (κ3) is 2.69. The second-order valence-corrected chi connectivity index (χ2v) is 6.31. The van der Waals surface area contributed by atoms with Crippen LogP contribution in [0.3, 0.4) is 0 Å². The third-order valence-electron chi connectivity index (χ3n) is 3.23. The van der Waals surface area contributed by atoms with Gasteiger partial charge in [-0.05, 0) is 31.6 Å². The van der Waals surface area contributed by atoms with Gasteiger partial charge in [0.25, 0.3) is 10.2 Å². The van der Waals surface area contributed by atoms with Crippen molar-refractivity contribution in [2.45, 2.75) is 31.7 Å². The van der Waals surface area contributed by atoms with Crippen LogP contribution < -0.4 is 10.5 Å². The van der Waals surface area contributed by atoms with Crippen LogP contribution in [0, 0.1) is 5.92 Å². The van der Waals surface area contributed by atoms with Crippen molar-refractivity contribution in [3.8, 4) is 0 Å². The predicted octanol–water partition coefficient (Wildman–Crippen LogP) is -0.346. The molecule has 5 nitrogen and oxygen atoms in total. The van der Waals surface area contributed by atoms with Crippen LogP contribution in [0.5, 0.6) is 0 Å². The Morgan fingerprint density at radius 3 is 2.40 bits per heavy atom. The summed E-state index contributed by atoms with van der Waals surface area (Å²) in [6, 6.07) is 0.284. The highest BCUT2D eigenvalue weighted by molar-refractivity contribution is 7.87. The number of nitrogens with two attached hydrogens (primary N) is 1. The van der Waals surface area contributed by atoms with Crippen molar-refractivity contribution >= 4 is 10.2 Å². The van der Waals surface area contributed by atoms with Crippen molar-refractivity contribution in [1.82, 2.24) is 9.03 Å². The number of nitrogens with one attached hydrogen (secondary N) is 1. The van der Waals surface area contributed by atoms with E-state index in [0.717, 1.165) is 25.7 Å². The fourth-order valence-corrected chi connectivity index (χ4v) is 3.56. The van der Waals surface area contributed by atoms with Gasteiger partial charge in [-0.3, -0.25) is 0 Å². The minimum atomic E-state index is -3.21. The molecule has 15 heavy (non-hydrogen) atoms. The fourth-order valence-electron chi connectivity index (χ4n) is 2.20. The average molecular weight is 233 g/mol. The zero-order chi connectivity index (χ0) is 10.9. The van der Waals surface area contributed by atoms with E-state index >= 15 is 0 Å². The lowest BCUT2D eigenvalue weighted by atomic mass is 9.81. The van der Waals surface area contributed by atoms with Gasteiger partial charge in [-0.25, -0.2) is 4.72 Å². The Morgan fingerprint density at radius 2 is 1.87 bits per heavy atom. The molecule has 2 aliphatic rings. The standard InChI is InChI=1S/C9H19N3O2S/c10-9-5-8(6-9)7-11-15(13,14)12-3-1-2-4-12/h8-9,11H,1-7,10H2. The summed E-state index contributed by atoms with van der Waals surface area (Å²) in [5.74, 6) is 0.442. The lowest BCUT2D eigenvalue weighted by Gasteiger charge is -2.32. The summed E-state index contributed by atoms with van der Waals surface area (Å²) < 4.78 is 27.7. The van der Waals surface area contributed by atoms with Gasteiger partial charge in [-0.2, -0.15) is 12.7 Å². The molecule has 0 spiro atoms. The molecule has 0 atom stereocenters. The first-order valence-corrected chi connectivity index (χ1v) is 7.02. The summed E-state index contributed by atoms with van der Waals surface area (Å²) in [4.78, 5) is 0. The van der Waals surface area contributed by atoms with Crippen LogP contribution in [-0.4, -0.2) is 38.4 Å². The molecule has 2 fully saturated rings. The van der Waals surface area contributed by atoms with E-state index in [1.807, 2.05) is 0 Å². The van der Waals surface area contributed by atoms with Gasteiger partial charge in [0.05, 0.1) is 0 Å². The number of nitrogens with zero attached hydrogens (tertiary/aromatic N) is 1. The molecule has 2 rings (SSSR count). The second kappa shape index (κ2) is 4.37. The van der Waals surface area contributed by atoms with Gasteiger partial charge in [0.1, 0.15) is 0 Å². The first-order chi connectivity index (χ1) is 7.08. The molecular weight excluding hydrogens is 214 g/mol. The minimum absolute atomic E-state index is 0.284. The molecule has 0 unspecified atom stereocenters. The van der Waals surface area contributed by atoms with Crippen LogP contribution in [0.2, 0.25) is 0 Å². The maximum atomic E-state index is 11.7. The van der Waals surface area contributed by atoms with Crippen LogP contribution in [0.25, 0.3) is 0 Å². The van der Waals surface area contributed by atoms with E-state index in [1.165, 1.54) is 4.31 Å². The smallest absolute Gasteiger partial charge is 0.279 e.